The molecular formula is C21H29ClN6O3. The molecule has 0 bridgehead atoms. The van der Waals surface area contributed by atoms with Crippen LogP contribution >= 0.6 is 11.6 Å². The molecule has 2 saturated heterocycles. The molecule has 2 fully saturated rings. The molecule has 0 saturated carbocycles. The maximum absolute atomic E-state index is 12.7. The Balaban J connectivity index is 1.43. The van der Waals surface area contributed by atoms with Gasteiger partial charge in [-0.05, 0) is 12.1 Å². The minimum absolute atomic E-state index is 0.0135. The minimum Gasteiger partial charge on any atom is -0.379 e. The molecule has 1 aromatic heterocycles. The van der Waals surface area contributed by atoms with E-state index < -0.39 is 0 Å². The zero-order valence-corrected chi connectivity index (χ0v) is 18.6. The Labute approximate surface area is 187 Å². The van der Waals surface area contributed by atoms with Crippen molar-refractivity contribution in [2.45, 2.75) is 12.5 Å². The zero-order chi connectivity index (χ0) is 22.2. The Morgan fingerprint density at radius 2 is 2.00 bits per heavy atom. The van der Waals surface area contributed by atoms with Gasteiger partial charge < -0.3 is 19.9 Å². The number of piperazine rings is 1. The summed E-state index contributed by atoms with van der Waals surface area (Å²) in [7, 11) is 1.70. The van der Waals surface area contributed by atoms with Crippen LogP contribution in [0.5, 0.6) is 0 Å². The molecule has 1 N–H and O–H groups in total. The molecule has 2 atom stereocenters. The lowest BCUT2D eigenvalue weighted by atomic mass is 10.1. The molecule has 3 heterocycles. The molecule has 0 aromatic carbocycles. The third kappa shape index (κ3) is 6.29. The van der Waals surface area contributed by atoms with Crippen molar-refractivity contribution in [2.75, 3.05) is 70.7 Å². The van der Waals surface area contributed by atoms with Gasteiger partial charge in [-0.15, -0.1) is 11.6 Å². The van der Waals surface area contributed by atoms with Crippen LogP contribution in [0.3, 0.4) is 0 Å². The SMILES string of the molecule is COC1CN(C(=O)CCNc2ccc(C#N)cn2)CC1CN1CCN(C(=O)CCl)CC1. The number of rotatable bonds is 8. The number of methoxy groups -OCH3 is 1. The van der Waals surface area contributed by atoms with E-state index in [4.69, 9.17) is 21.6 Å². The standard InChI is InChI=1S/C21H29ClN6O3/c1-31-18-15-28(20(29)4-5-24-19-3-2-16(11-23)12-25-19)14-17(18)13-26-6-8-27(9-7-26)21(30)10-22/h2-3,12,17-18H,4-10,13-15H2,1H3,(H,24,25). The van der Waals surface area contributed by atoms with Gasteiger partial charge in [0.15, 0.2) is 0 Å². The van der Waals surface area contributed by atoms with Crippen molar-refractivity contribution < 1.29 is 14.3 Å². The first-order chi connectivity index (χ1) is 15.0. The number of hydrogen-bond acceptors (Lipinski definition) is 7. The van der Waals surface area contributed by atoms with Crippen LogP contribution in [0.15, 0.2) is 18.3 Å². The first-order valence-electron chi connectivity index (χ1n) is 10.5. The fourth-order valence-electron chi connectivity index (χ4n) is 4.10. The van der Waals surface area contributed by atoms with Crippen molar-refractivity contribution in [2.24, 2.45) is 5.92 Å². The van der Waals surface area contributed by atoms with Crippen LogP contribution in [-0.2, 0) is 14.3 Å². The fraction of sp³-hybridized carbons (Fsp3) is 0.619. The molecule has 0 spiro atoms. The van der Waals surface area contributed by atoms with Crippen molar-refractivity contribution in [1.82, 2.24) is 19.7 Å². The number of amides is 2. The van der Waals surface area contributed by atoms with Crippen LogP contribution in [0, 0.1) is 17.2 Å². The highest BCUT2D eigenvalue weighted by atomic mass is 35.5. The fourth-order valence-corrected chi connectivity index (χ4v) is 4.27. The first-order valence-corrected chi connectivity index (χ1v) is 11.0. The Morgan fingerprint density at radius 1 is 1.23 bits per heavy atom. The second kappa shape index (κ2) is 11.3. The molecule has 10 heteroatoms. The Hall–Kier alpha value is -2.41. The van der Waals surface area contributed by atoms with E-state index in [0.29, 0.717) is 50.5 Å². The summed E-state index contributed by atoms with van der Waals surface area (Å²) in [4.78, 5) is 34.6. The van der Waals surface area contributed by atoms with E-state index in [0.717, 1.165) is 19.6 Å². The topological polar surface area (TPSA) is 102 Å². The van der Waals surface area contributed by atoms with Crippen molar-refractivity contribution >= 4 is 29.2 Å². The molecule has 31 heavy (non-hydrogen) atoms. The number of anilines is 1. The van der Waals surface area contributed by atoms with Crippen molar-refractivity contribution in [1.29, 1.82) is 5.26 Å². The maximum Gasteiger partial charge on any atom is 0.237 e. The number of carbonyl (C=O) groups is 2. The third-order valence-electron chi connectivity index (χ3n) is 5.91. The van der Waals surface area contributed by atoms with E-state index in [1.807, 2.05) is 11.0 Å². The lowest BCUT2D eigenvalue weighted by Gasteiger charge is -2.36. The van der Waals surface area contributed by atoms with Gasteiger partial charge in [0.1, 0.15) is 17.8 Å². The van der Waals surface area contributed by atoms with E-state index in [1.54, 1.807) is 24.1 Å². The number of nitrogens with one attached hydrogen (secondary N) is 1. The predicted octanol–water partition coefficient (Wildman–Crippen LogP) is 0.612. The zero-order valence-electron chi connectivity index (χ0n) is 17.8. The summed E-state index contributed by atoms with van der Waals surface area (Å²) < 4.78 is 5.66. The van der Waals surface area contributed by atoms with Gasteiger partial charge in [0, 0.05) is 78.0 Å². The molecule has 0 radical (unpaired) electrons. The number of ether oxygens (including phenoxy) is 1. The van der Waals surface area contributed by atoms with Gasteiger partial charge in [-0.3, -0.25) is 14.5 Å². The Morgan fingerprint density at radius 3 is 2.61 bits per heavy atom. The van der Waals surface area contributed by atoms with Crippen LogP contribution in [0.4, 0.5) is 5.82 Å². The van der Waals surface area contributed by atoms with E-state index >= 15 is 0 Å². The number of alkyl halides is 1. The summed E-state index contributed by atoms with van der Waals surface area (Å²) in [6.45, 7) is 5.59. The van der Waals surface area contributed by atoms with E-state index in [-0.39, 0.29) is 29.7 Å². The second-order valence-corrected chi connectivity index (χ2v) is 8.14. The lowest BCUT2D eigenvalue weighted by molar-refractivity contribution is -0.131. The third-order valence-corrected chi connectivity index (χ3v) is 6.13. The number of likely N-dealkylation sites (tertiary alicyclic amines) is 1. The number of pyridine rings is 1. The number of nitriles is 1. The van der Waals surface area contributed by atoms with Crippen LogP contribution in [-0.4, -0.2) is 103 Å². The van der Waals surface area contributed by atoms with Gasteiger partial charge in [-0.2, -0.15) is 5.26 Å². The van der Waals surface area contributed by atoms with Gasteiger partial charge in [0.25, 0.3) is 0 Å². The molecule has 0 aliphatic carbocycles. The number of nitrogens with zero attached hydrogens (tertiary/aromatic N) is 5. The van der Waals surface area contributed by atoms with Gasteiger partial charge in [0.2, 0.25) is 11.8 Å². The highest BCUT2D eigenvalue weighted by Crippen LogP contribution is 2.22. The van der Waals surface area contributed by atoms with Crippen LogP contribution in [0.1, 0.15) is 12.0 Å². The monoisotopic (exact) mass is 448 g/mol. The molecule has 2 aliphatic rings. The Bertz CT molecular complexity index is 791. The molecular weight excluding hydrogens is 420 g/mol. The molecule has 2 unspecified atom stereocenters. The van der Waals surface area contributed by atoms with Gasteiger partial charge in [-0.1, -0.05) is 0 Å². The second-order valence-electron chi connectivity index (χ2n) is 7.87. The minimum atomic E-state index is -0.0152. The quantitative estimate of drug-likeness (QED) is 0.581. The molecule has 1 aromatic rings. The Kier molecular flexibility index (Phi) is 8.46. The van der Waals surface area contributed by atoms with Gasteiger partial charge >= 0.3 is 0 Å². The highest BCUT2D eigenvalue weighted by Gasteiger charge is 2.36. The maximum atomic E-state index is 12.7. The van der Waals surface area contributed by atoms with Gasteiger partial charge in [0.05, 0.1) is 11.7 Å². The highest BCUT2D eigenvalue weighted by molar-refractivity contribution is 6.27. The molecule has 9 nitrogen and oxygen atoms in total. The predicted molar refractivity (Wildman–Crippen MR) is 117 cm³/mol. The number of aromatic nitrogens is 1. The lowest BCUT2D eigenvalue weighted by Crippen LogP contribution is -2.51. The normalized spacial score (nSPS) is 21.7. The molecule has 3 rings (SSSR count). The van der Waals surface area contributed by atoms with Crippen LogP contribution < -0.4 is 5.32 Å². The summed E-state index contributed by atoms with van der Waals surface area (Å²) >= 11 is 5.65. The molecule has 2 aliphatic heterocycles. The van der Waals surface area contributed by atoms with Crippen molar-refractivity contribution in [3.05, 3.63) is 23.9 Å². The van der Waals surface area contributed by atoms with Crippen molar-refractivity contribution in [3.8, 4) is 6.07 Å². The van der Waals surface area contributed by atoms with Crippen LogP contribution in [0.25, 0.3) is 0 Å². The number of hydrogen-bond donors (Lipinski definition) is 1. The number of halogens is 1. The molecule has 2 amide bonds. The van der Waals surface area contributed by atoms with Crippen LogP contribution in [0.2, 0.25) is 0 Å². The van der Waals surface area contributed by atoms with E-state index in [9.17, 15) is 9.59 Å². The molecule has 168 valence electrons. The smallest absolute Gasteiger partial charge is 0.237 e. The van der Waals surface area contributed by atoms with E-state index in [2.05, 4.69) is 15.2 Å². The average Bonchev–Trinajstić information content (AvgIpc) is 3.22. The van der Waals surface area contributed by atoms with Crippen molar-refractivity contribution in [3.63, 3.8) is 0 Å². The number of carbonyl (C=O) groups excluding carboxylic acids is 2. The summed E-state index contributed by atoms with van der Waals surface area (Å²) in [5.74, 6) is 0.994. The summed E-state index contributed by atoms with van der Waals surface area (Å²) in [5.41, 5.74) is 0.502. The average molecular weight is 449 g/mol. The van der Waals surface area contributed by atoms with Gasteiger partial charge in [-0.25, -0.2) is 4.98 Å². The first kappa shape index (κ1) is 23.3. The van der Waals surface area contributed by atoms with E-state index in [1.165, 1.54) is 6.20 Å². The summed E-state index contributed by atoms with van der Waals surface area (Å²) in [5, 5.41) is 11.9. The summed E-state index contributed by atoms with van der Waals surface area (Å²) in [6, 6.07) is 5.45. The largest absolute Gasteiger partial charge is 0.379 e. The summed E-state index contributed by atoms with van der Waals surface area (Å²) in [6.07, 6.45) is 1.88.